The van der Waals surface area contributed by atoms with Crippen molar-refractivity contribution in [1.29, 1.82) is 0 Å². The van der Waals surface area contributed by atoms with E-state index < -0.39 is 5.97 Å². The third kappa shape index (κ3) is 3.25. The third-order valence-corrected chi connectivity index (χ3v) is 3.85. The summed E-state index contributed by atoms with van der Waals surface area (Å²) >= 11 is 0. The lowest BCUT2D eigenvalue weighted by Crippen LogP contribution is -2.14. The van der Waals surface area contributed by atoms with E-state index in [9.17, 15) is 9.59 Å². The van der Waals surface area contributed by atoms with E-state index in [1.54, 1.807) is 42.9 Å². The van der Waals surface area contributed by atoms with Crippen LogP contribution in [0.25, 0.3) is 5.82 Å². The number of aromatic carboxylic acids is 1. The SMILES string of the molecule is Cc1ccc(C(=O)O)cc1NC(=O)c1cnn(-c2ccccn2)c1C. The number of nitrogens with zero attached hydrogens (tertiary/aromatic N) is 3. The maximum atomic E-state index is 12.6. The minimum Gasteiger partial charge on any atom is -0.478 e. The van der Waals surface area contributed by atoms with Crippen molar-refractivity contribution in [2.45, 2.75) is 13.8 Å². The van der Waals surface area contributed by atoms with Gasteiger partial charge in [-0.25, -0.2) is 14.5 Å². The quantitative estimate of drug-likeness (QED) is 0.763. The summed E-state index contributed by atoms with van der Waals surface area (Å²) < 4.78 is 1.58. The Morgan fingerprint density at radius 2 is 1.96 bits per heavy atom. The van der Waals surface area contributed by atoms with Crippen molar-refractivity contribution in [3.8, 4) is 5.82 Å². The smallest absolute Gasteiger partial charge is 0.335 e. The van der Waals surface area contributed by atoms with Gasteiger partial charge in [-0.2, -0.15) is 5.10 Å². The van der Waals surface area contributed by atoms with Gasteiger partial charge >= 0.3 is 5.97 Å². The molecule has 25 heavy (non-hydrogen) atoms. The van der Waals surface area contributed by atoms with Crippen LogP contribution in [0, 0.1) is 13.8 Å². The van der Waals surface area contributed by atoms with E-state index in [-0.39, 0.29) is 11.5 Å². The summed E-state index contributed by atoms with van der Waals surface area (Å²) in [5.41, 5.74) is 2.37. The van der Waals surface area contributed by atoms with Crippen LogP contribution in [0.15, 0.2) is 48.8 Å². The van der Waals surface area contributed by atoms with Crippen LogP contribution in [0.1, 0.15) is 32.0 Å². The Bertz CT molecular complexity index is 948. The molecule has 126 valence electrons. The largest absolute Gasteiger partial charge is 0.478 e. The Morgan fingerprint density at radius 3 is 2.64 bits per heavy atom. The molecule has 0 radical (unpaired) electrons. The van der Waals surface area contributed by atoms with E-state index in [1.807, 2.05) is 6.07 Å². The molecule has 2 heterocycles. The number of benzene rings is 1. The molecule has 1 amide bonds. The fourth-order valence-corrected chi connectivity index (χ4v) is 2.42. The number of amides is 1. The van der Waals surface area contributed by atoms with E-state index in [2.05, 4.69) is 15.4 Å². The molecule has 0 fully saturated rings. The normalized spacial score (nSPS) is 10.5. The molecule has 3 aromatic rings. The van der Waals surface area contributed by atoms with Crippen LogP contribution in [0.5, 0.6) is 0 Å². The topological polar surface area (TPSA) is 97.1 Å². The number of aryl methyl sites for hydroxylation is 1. The van der Waals surface area contributed by atoms with E-state index >= 15 is 0 Å². The van der Waals surface area contributed by atoms with Gasteiger partial charge in [0.05, 0.1) is 23.0 Å². The zero-order valence-corrected chi connectivity index (χ0v) is 13.7. The van der Waals surface area contributed by atoms with Crippen LogP contribution < -0.4 is 5.32 Å². The number of rotatable bonds is 4. The molecule has 0 bridgehead atoms. The van der Waals surface area contributed by atoms with Gasteiger partial charge in [0.15, 0.2) is 5.82 Å². The van der Waals surface area contributed by atoms with Gasteiger partial charge in [-0.1, -0.05) is 12.1 Å². The minimum atomic E-state index is -1.05. The molecule has 2 aromatic heterocycles. The van der Waals surface area contributed by atoms with Gasteiger partial charge in [0.25, 0.3) is 5.91 Å². The molecule has 0 aliphatic heterocycles. The number of aromatic nitrogens is 3. The average Bonchev–Trinajstić information content (AvgIpc) is 2.99. The van der Waals surface area contributed by atoms with Crippen molar-refractivity contribution in [1.82, 2.24) is 14.8 Å². The van der Waals surface area contributed by atoms with Gasteiger partial charge in [-0.15, -0.1) is 0 Å². The summed E-state index contributed by atoms with van der Waals surface area (Å²) in [5.74, 6) is -0.789. The molecule has 2 N–H and O–H groups in total. The monoisotopic (exact) mass is 336 g/mol. The summed E-state index contributed by atoms with van der Waals surface area (Å²) in [5, 5.41) is 16.1. The van der Waals surface area contributed by atoms with E-state index in [1.165, 1.54) is 18.3 Å². The summed E-state index contributed by atoms with van der Waals surface area (Å²) in [6.07, 6.45) is 3.12. The Morgan fingerprint density at radius 1 is 1.16 bits per heavy atom. The van der Waals surface area contributed by atoms with Crippen LogP contribution in [0.3, 0.4) is 0 Å². The highest BCUT2D eigenvalue weighted by Gasteiger charge is 2.17. The number of hydrogen-bond acceptors (Lipinski definition) is 4. The first-order chi connectivity index (χ1) is 12.0. The first-order valence-electron chi connectivity index (χ1n) is 7.58. The molecule has 0 aliphatic carbocycles. The van der Waals surface area contributed by atoms with Crippen LogP contribution in [-0.2, 0) is 0 Å². The van der Waals surface area contributed by atoms with Gasteiger partial charge in [0, 0.05) is 11.9 Å². The van der Waals surface area contributed by atoms with Crippen molar-refractivity contribution in [2.75, 3.05) is 5.32 Å². The highest BCUT2D eigenvalue weighted by Crippen LogP contribution is 2.19. The molecule has 7 heteroatoms. The standard InChI is InChI=1S/C18H16N4O3/c1-11-6-7-13(18(24)25)9-15(11)21-17(23)14-10-20-22(12(14)2)16-5-3-4-8-19-16/h3-10H,1-2H3,(H,21,23)(H,24,25). The zero-order chi connectivity index (χ0) is 18.0. The lowest BCUT2D eigenvalue weighted by Gasteiger charge is -2.09. The molecule has 1 aromatic carbocycles. The zero-order valence-electron chi connectivity index (χ0n) is 13.7. The molecular weight excluding hydrogens is 320 g/mol. The van der Waals surface area contributed by atoms with Gasteiger partial charge in [-0.3, -0.25) is 4.79 Å². The number of pyridine rings is 1. The fraction of sp³-hybridized carbons (Fsp3) is 0.111. The van der Waals surface area contributed by atoms with Crippen LogP contribution in [0.4, 0.5) is 5.69 Å². The molecular formula is C18H16N4O3. The Labute approximate surface area is 143 Å². The molecule has 0 aliphatic rings. The highest BCUT2D eigenvalue weighted by molar-refractivity contribution is 6.05. The number of carboxylic acid groups (broad SMARTS) is 1. The van der Waals surface area contributed by atoms with E-state index in [0.717, 1.165) is 5.56 Å². The fourth-order valence-electron chi connectivity index (χ4n) is 2.42. The molecule has 7 nitrogen and oxygen atoms in total. The average molecular weight is 336 g/mol. The van der Waals surface area contributed by atoms with Crippen LogP contribution in [-0.4, -0.2) is 31.7 Å². The molecule has 0 atom stereocenters. The third-order valence-electron chi connectivity index (χ3n) is 3.85. The van der Waals surface area contributed by atoms with Crippen molar-refractivity contribution in [3.05, 3.63) is 71.2 Å². The van der Waals surface area contributed by atoms with Crippen LogP contribution in [0.2, 0.25) is 0 Å². The minimum absolute atomic E-state index is 0.113. The number of carbonyl (C=O) groups is 2. The summed E-state index contributed by atoms with van der Waals surface area (Å²) in [7, 11) is 0. The molecule has 0 spiro atoms. The number of carboxylic acids is 1. The molecule has 0 unspecified atom stereocenters. The second kappa shape index (κ2) is 6.56. The van der Waals surface area contributed by atoms with Crippen molar-refractivity contribution < 1.29 is 14.7 Å². The van der Waals surface area contributed by atoms with Crippen molar-refractivity contribution in [3.63, 3.8) is 0 Å². The first kappa shape index (κ1) is 16.4. The molecule has 0 saturated carbocycles. The highest BCUT2D eigenvalue weighted by atomic mass is 16.4. The predicted octanol–water partition coefficient (Wildman–Crippen LogP) is 2.83. The van der Waals surface area contributed by atoms with E-state index in [4.69, 9.17) is 5.11 Å². The second-order valence-electron chi connectivity index (χ2n) is 5.53. The lowest BCUT2D eigenvalue weighted by molar-refractivity contribution is 0.0696. The van der Waals surface area contributed by atoms with Gasteiger partial charge in [0.2, 0.25) is 0 Å². The summed E-state index contributed by atoms with van der Waals surface area (Å²) in [6.45, 7) is 3.57. The van der Waals surface area contributed by atoms with Crippen molar-refractivity contribution >= 4 is 17.6 Å². The predicted molar refractivity (Wildman–Crippen MR) is 92.2 cm³/mol. The Balaban J connectivity index is 1.89. The van der Waals surface area contributed by atoms with Crippen molar-refractivity contribution in [2.24, 2.45) is 0 Å². The van der Waals surface area contributed by atoms with Gasteiger partial charge < -0.3 is 10.4 Å². The maximum Gasteiger partial charge on any atom is 0.335 e. The number of hydrogen-bond donors (Lipinski definition) is 2. The van der Waals surface area contributed by atoms with E-state index in [0.29, 0.717) is 22.8 Å². The molecule has 0 saturated heterocycles. The summed E-state index contributed by atoms with van der Waals surface area (Å²) in [6, 6.07) is 10.0. The lowest BCUT2D eigenvalue weighted by atomic mass is 10.1. The van der Waals surface area contributed by atoms with Crippen LogP contribution >= 0.6 is 0 Å². The number of nitrogens with one attached hydrogen (secondary N) is 1. The Kier molecular flexibility index (Phi) is 4.30. The number of carbonyl (C=O) groups excluding carboxylic acids is 1. The molecule has 3 rings (SSSR count). The summed E-state index contributed by atoms with van der Waals surface area (Å²) in [4.78, 5) is 27.9. The first-order valence-corrected chi connectivity index (χ1v) is 7.58. The Hall–Kier alpha value is -3.48. The second-order valence-corrected chi connectivity index (χ2v) is 5.53. The number of anilines is 1. The van der Waals surface area contributed by atoms with Gasteiger partial charge in [0.1, 0.15) is 0 Å². The maximum absolute atomic E-state index is 12.6. The van der Waals surface area contributed by atoms with Gasteiger partial charge in [-0.05, 0) is 43.7 Å².